The Balaban J connectivity index is 1.92. The zero-order valence-corrected chi connectivity index (χ0v) is 13.6. The van der Waals surface area contributed by atoms with Gasteiger partial charge in [-0.2, -0.15) is 0 Å². The number of likely N-dealkylation sites (tertiary alicyclic amines) is 1. The van der Waals surface area contributed by atoms with Gasteiger partial charge >= 0.3 is 0 Å². The number of amides is 2. The van der Waals surface area contributed by atoms with E-state index in [1.54, 1.807) is 16.2 Å². The van der Waals surface area contributed by atoms with E-state index in [9.17, 15) is 9.59 Å². The summed E-state index contributed by atoms with van der Waals surface area (Å²) in [6.45, 7) is 6.67. The molecule has 2 heterocycles. The van der Waals surface area contributed by atoms with Gasteiger partial charge in [0.05, 0.1) is 12.5 Å². The number of hydrogen-bond donors (Lipinski definition) is 1. The lowest BCUT2D eigenvalue weighted by atomic mass is 9.97. The summed E-state index contributed by atoms with van der Waals surface area (Å²) in [5.74, 6) is -0.453. The number of hydrogen-bond acceptors (Lipinski definition) is 4. The van der Waals surface area contributed by atoms with Crippen LogP contribution in [-0.2, 0) is 16.1 Å². The number of carbonyl (C=O) groups excluding carboxylic acids is 2. The van der Waals surface area contributed by atoms with Crippen LogP contribution in [0.15, 0.2) is 30.2 Å². The highest BCUT2D eigenvalue weighted by Crippen LogP contribution is 2.17. The summed E-state index contributed by atoms with van der Waals surface area (Å²) >= 11 is 1.68. The standard InChI is InChI=1S/C16H23N3O2S/c1-2-7-18(11-14-6-4-9-22-14)12-15(20)19-8-3-5-13(10-19)16(17)21/h2,4,6,9,13H,1,3,5,7-8,10-12H2,(H2,17,21). The summed E-state index contributed by atoms with van der Waals surface area (Å²) in [6, 6.07) is 4.07. The first-order valence-corrected chi connectivity index (χ1v) is 8.41. The molecule has 1 fully saturated rings. The fourth-order valence-electron chi connectivity index (χ4n) is 2.72. The second-order valence-electron chi connectivity index (χ2n) is 5.62. The highest BCUT2D eigenvalue weighted by atomic mass is 32.1. The van der Waals surface area contributed by atoms with Crippen molar-refractivity contribution < 1.29 is 9.59 Å². The summed E-state index contributed by atoms with van der Waals surface area (Å²) < 4.78 is 0. The maximum absolute atomic E-state index is 12.5. The number of rotatable bonds is 7. The van der Waals surface area contributed by atoms with Crippen molar-refractivity contribution in [2.45, 2.75) is 19.4 Å². The van der Waals surface area contributed by atoms with Crippen LogP contribution in [-0.4, -0.2) is 47.8 Å². The SMILES string of the molecule is C=CCN(CC(=O)N1CCCC(C(N)=O)C1)Cc1cccs1. The summed E-state index contributed by atoms with van der Waals surface area (Å²) in [5, 5.41) is 2.03. The summed E-state index contributed by atoms with van der Waals surface area (Å²) in [4.78, 5) is 28.9. The molecule has 0 saturated carbocycles. The van der Waals surface area contributed by atoms with E-state index in [1.165, 1.54) is 4.88 Å². The predicted octanol–water partition coefficient (Wildman–Crippen LogP) is 1.46. The number of piperidine rings is 1. The average molecular weight is 321 g/mol. The van der Waals surface area contributed by atoms with Gasteiger partial charge in [0.15, 0.2) is 0 Å². The molecule has 2 amide bonds. The number of primary amides is 1. The van der Waals surface area contributed by atoms with Crippen LogP contribution in [0.4, 0.5) is 0 Å². The molecule has 120 valence electrons. The second-order valence-corrected chi connectivity index (χ2v) is 6.65. The molecule has 1 aliphatic rings. The topological polar surface area (TPSA) is 66.6 Å². The average Bonchev–Trinajstić information content (AvgIpc) is 3.00. The van der Waals surface area contributed by atoms with Gasteiger partial charge in [0.1, 0.15) is 0 Å². The van der Waals surface area contributed by atoms with Gasteiger partial charge in [-0.1, -0.05) is 12.1 Å². The third kappa shape index (κ3) is 4.68. The first kappa shape index (κ1) is 16.7. The van der Waals surface area contributed by atoms with E-state index in [2.05, 4.69) is 17.5 Å². The lowest BCUT2D eigenvalue weighted by Crippen LogP contribution is -2.47. The minimum atomic E-state index is -0.306. The van der Waals surface area contributed by atoms with Crippen LogP contribution in [0.1, 0.15) is 17.7 Å². The summed E-state index contributed by atoms with van der Waals surface area (Å²) in [5.41, 5.74) is 5.37. The van der Waals surface area contributed by atoms with Gasteiger partial charge in [-0.15, -0.1) is 17.9 Å². The fraction of sp³-hybridized carbons (Fsp3) is 0.500. The largest absolute Gasteiger partial charge is 0.369 e. The van der Waals surface area contributed by atoms with E-state index in [1.807, 2.05) is 17.5 Å². The van der Waals surface area contributed by atoms with Gasteiger partial charge < -0.3 is 10.6 Å². The van der Waals surface area contributed by atoms with Crippen LogP contribution < -0.4 is 5.73 Å². The molecule has 1 aromatic heterocycles. The van der Waals surface area contributed by atoms with Gasteiger partial charge in [0, 0.05) is 31.1 Å². The number of thiophene rings is 1. The zero-order valence-electron chi connectivity index (χ0n) is 12.7. The molecule has 6 heteroatoms. The molecule has 2 rings (SSSR count). The molecule has 22 heavy (non-hydrogen) atoms. The third-order valence-corrected chi connectivity index (χ3v) is 4.74. The van der Waals surface area contributed by atoms with Crippen LogP contribution in [0.25, 0.3) is 0 Å². The molecule has 5 nitrogen and oxygen atoms in total. The molecule has 0 bridgehead atoms. The molecule has 0 spiro atoms. The second kappa shape index (κ2) is 8.10. The molecule has 0 radical (unpaired) electrons. The minimum Gasteiger partial charge on any atom is -0.369 e. The van der Waals surface area contributed by atoms with E-state index in [0.717, 1.165) is 19.4 Å². The fourth-order valence-corrected chi connectivity index (χ4v) is 3.46. The first-order valence-electron chi connectivity index (χ1n) is 7.53. The Labute approximate surface area is 135 Å². The molecule has 1 saturated heterocycles. The first-order chi connectivity index (χ1) is 10.6. The summed E-state index contributed by atoms with van der Waals surface area (Å²) in [7, 11) is 0. The van der Waals surface area contributed by atoms with Crippen LogP contribution in [0, 0.1) is 5.92 Å². The molecule has 0 aromatic carbocycles. The van der Waals surface area contributed by atoms with Gasteiger partial charge in [-0.05, 0) is 24.3 Å². The Hall–Kier alpha value is -1.66. The van der Waals surface area contributed by atoms with Crippen molar-refractivity contribution in [1.82, 2.24) is 9.80 Å². The molecule has 1 unspecified atom stereocenters. The highest BCUT2D eigenvalue weighted by molar-refractivity contribution is 7.09. The van der Waals surface area contributed by atoms with Crippen LogP contribution in [0.5, 0.6) is 0 Å². The van der Waals surface area contributed by atoms with Crippen molar-refractivity contribution in [2.75, 3.05) is 26.2 Å². The van der Waals surface area contributed by atoms with E-state index in [4.69, 9.17) is 5.73 Å². The van der Waals surface area contributed by atoms with Crippen molar-refractivity contribution in [3.05, 3.63) is 35.0 Å². The molecule has 1 aromatic rings. The third-order valence-electron chi connectivity index (χ3n) is 3.88. The quantitative estimate of drug-likeness (QED) is 0.773. The monoisotopic (exact) mass is 321 g/mol. The van der Waals surface area contributed by atoms with Crippen LogP contribution in [0.2, 0.25) is 0 Å². The van der Waals surface area contributed by atoms with Crippen LogP contribution in [0.3, 0.4) is 0 Å². The Bertz CT molecular complexity index is 515. The molecular weight excluding hydrogens is 298 g/mol. The molecule has 0 aliphatic carbocycles. The van der Waals surface area contributed by atoms with Gasteiger partial charge in [0.2, 0.25) is 11.8 Å². The highest BCUT2D eigenvalue weighted by Gasteiger charge is 2.27. The Kier molecular flexibility index (Phi) is 6.15. The number of nitrogens with two attached hydrogens (primary N) is 1. The van der Waals surface area contributed by atoms with Crippen molar-refractivity contribution >= 4 is 23.2 Å². The zero-order chi connectivity index (χ0) is 15.9. The minimum absolute atomic E-state index is 0.0596. The lowest BCUT2D eigenvalue weighted by molar-refractivity contribution is -0.136. The Morgan fingerprint density at radius 1 is 1.55 bits per heavy atom. The van der Waals surface area contributed by atoms with E-state index in [-0.39, 0.29) is 17.7 Å². The smallest absolute Gasteiger partial charge is 0.236 e. The van der Waals surface area contributed by atoms with Gasteiger partial charge in [0.25, 0.3) is 0 Å². The molecule has 1 aliphatic heterocycles. The number of nitrogens with zero attached hydrogens (tertiary/aromatic N) is 2. The summed E-state index contributed by atoms with van der Waals surface area (Å²) in [6.07, 6.45) is 3.43. The van der Waals surface area contributed by atoms with Crippen LogP contribution >= 0.6 is 11.3 Å². The van der Waals surface area contributed by atoms with Crippen molar-refractivity contribution in [1.29, 1.82) is 0 Å². The van der Waals surface area contributed by atoms with Crippen molar-refractivity contribution in [3.8, 4) is 0 Å². The Morgan fingerprint density at radius 2 is 2.36 bits per heavy atom. The molecular formula is C16H23N3O2S. The van der Waals surface area contributed by atoms with Crippen molar-refractivity contribution in [2.24, 2.45) is 11.7 Å². The molecule has 2 N–H and O–H groups in total. The van der Waals surface area contributed by atoms with E-state index < -0.39 is 0 Å². The Morgan fingerprint density at radius 3 is 3.00 bits per heavy atom. The lowest BCUT2D eigenvalue weighted by Gasteiger charge is -2.32. The van der Waals surface area contributed by atoms with E-state index in [0.29, 0.717) is 26.2 Å². The maximum Gasteiger partial charge on any atom is 0.236 e. The normalized spacial score (nSPS) is 18.4. The molecule has 1 atom stereocenters. The number of carbonyl (C=O) groups is 2. The maximum atomic E-state index is 12.5. The predicted molar refractivity (Wildman–Crippen MR) is 88.3 cm³/mol. The van der Waals surface area contributed by atoms with Gasteiger partial charge in [-0.3, -0.25) is 14.5 Å². The van der Waals surface area contributed by atoms with Crippen molar-refractivity contribution in [3.63, 3.8) is 0 Å². The van der Waals surface area contributed by atoms with E-state index >= 15 is 0 Å². The van der Waals surface area contributed by atoms with Gasteiger partial charge in [-0.25, -0.2) is 0 Å².